The Morgan fingerprint density at radius 3 is 2.39 bits per heavy atom. The number of nitrogens with zero attached hydrogens (tertiary/aromatic N) is 5. The zero-order valence-electron chi connectivity index (χ0n) is 18.0. The zero-order valence-corrected chi connectivity index (χ0v) is 22.8. The SMILES string of the molecule is CN1CCN(c2nc3c(c(=O)[nH]c(=O)n3C)n2C[C@@H](O)COc2c(Br)cc(Br)cc2Br)CC1. The van der Waals surface area contributed by atoms with E-state index in [1.54, 1.807) is 11.6 Å². The number of halogens is 3. The second-order valence-electron chi connectivity index (χ2n) is 7.97. The number of nitrogens with one attached hydrogen (secondary N) is 1. The number of fused-ring (bicyclic) bond motifs is 1. The summed E-state index contributed by atoms with van der Waals surface area (Å²) in [6.45, 7) is 3.19. The average Bonchev–Trinajstić information content (AvgIpc) is 3.11. The van der Waals surface area contributed by atoms with Gasteiger partial charge >= 0.3 is 5.69 Å². The van der Waals surface area contributed by atoms with Gasteiger partial charge in [-0.3, -0.25) is 14.3 Å². The Morgan fingerprint density at radius 2 is 1.76 bits per heavy atom. The molecular formula is C20H23Br3N6O4. The number of aromatic amines is 1. The lowest BCUT2D eigenvalue weighted by molar-refractivity contribution is 0.0928. The van der Waals surface area contributed by atoms with Crippen molar-refractivity contribution in [3.63, 3.8) is 0 Å². The molecule has 0 amide bonds. The molecule has 33 heavy (non-hydrogen) atoms. The monoisotopic (exact) mass is 648 g/mol. The van der Waals surface area contributed by atoms with E-state index in [1.807, 2.05) is 19.2 Å². The van der Waals surface area contributed by atoms with E-state index in [0.717, 1.165) is 39.6 Å². The molecule has 1 fully saturated rings. The summed E-state index contributed by atoms with van der Waals surface area (Å²) in [6.07, 6.45) is -0.937. The van der Waals surface area contributed by atoms with Crippen molar-refractivity contribution in [2.75, 3.05) is 44.7 Å². The minimum atomic E-state index is -0.937. The molecule has 0 bridgehead atoms. The van der Waals surface area contributed by atoms with Crippen LogP contribution in [0.5, 0.6) is 5.75 Å². The largest absolute Gasteiger partial charge is 0.488 e. The number of ether oxygens (including phenoxy) is 1. The number of aliphatic hydroxyl groups excluding tert-OH is 1. The van der Waals surface area contributed by atoms with Crippen LogP contribution in [0.3, 0.4) is 0 Å². The second-order valence-corrected chi connectivity index (χ2v) is 10.6. The Bertz CT molecular complexity index is 1270. The van der Waals surface area contributed by atoms with E-state index in [-0.39, 0.29) is 24.3 Å². The normalized spacial score (nSPS) is 15.9. The molecule has 1 aromatic carbocycles. The Balaban J connectivity index is 1.66. The molecule has 1 saturated heterocycles. The lowest BCUT2D eigenvalue weighted by Gasteiger charge is -2.33. The molecule has 178 valence electrons. The molecule has 4 rings (SSSR count). The molecule has 0 aliphatic carbocycles. The van der Waals surface area contributed by atoms with Crippen LogP contribution in [-0.4, -0.2) is 75.0 Å². The van der Waals surface area contributed by atoms with Gasteiger partial charge in [-0.1, -0.05) is 15.9 Å². The highest BCUT2D eigenvalue weighted by Crippen LogP contribution is 2.36. The van der Waals surface area contributed by atoms with E-state index >= 15 is 0 Å². The number of imidazole rings is 1. The fourth-order valence-electron chi connectivity index (χ4n) is 3.75. The maximum absolute atomic E-state index is 12.7. The topological polar surface area (TPSA) is 109 Å². The highest BCUT2D eigenvalue weighted by atomic mass is 79.9. The van der Waals surface area contributed by atoms with Crippen LogP contribution < -0.4 is 20.9 Å². The van der Waals surface area contributed by atoms with Gasteiger partial charge in [0.2, 0.25) is 5.95 Å². The van der Waals surface area contributed by atoms with Crippen molar-refractivity contribution >= 4 is 64.9 Å². The van der Waals surface area contributed by atoms with Crippen molar-refractivity contribution in [1.29, 1.82) is 0 Å². The standard InChI is InChI=1S/C20H23Br3N6O4/c1-26-3-5-28(6-4-26)19-24-17-15(18(31)25-20(32)27(17)2)29(19)9-12(30)10-33-16-13(22)7-11(21)8-14(16)23/h7-8,12,30H,3-6,9-10H2,1-2H3,(H,25,31,32)/t12-/m1/s1. The molecule has 0 spiro atoms. The van der Waals surface area contributed by atoms with Crippen molar-refractivity contribution in [1.82, 2.24) is 24.0 Å². The Kier molecular flexibility index (Phi) is 7.34. The first-order chi connectivity index (χ1) is 15.7. The summed E-state index contributed by atoms with van der Waals surface area (Å²) in [5.74, 6) is 1.11. The summed E-state index contributed by atoms with van der Waals surface area (Å²) >= 11 is 10.3. The van der Waals surface area contributed by atoms with Crippen molar-refractivity contribution < 1.29 is 9.84 Å². The third-order valence-electron chi connectivity index (χ3n) is 5.55. The second kappa shape index (κ2) is 9.90. The summed E-state index contributed by atoms with van der Waals surface area (Å²) < 4.78 is 11.2. The van der Waals surface area contributed by atoms with Crippen molar-refractivity contribution in [3.8, 4) is 5.75 Å². The van der Waals surface area contributed by atoms with E-state index in [0.29, 0.717) is 11.7 Å². The van der Waals surface area contributed by atoms with Gasteiger partial charge in [-0.25, -0.2) is 4.79 Å². The quantitative estimate of drug-likeness (QED) is 0.420. The number of piperazine rings is 1. The summed E-state index contributed by atoms with van der Waals surface area (Å²) in [5, 5.41) is 10.8. The molecule has 2 aromatic heterocycles. The molecule has 0 saturated carbocycles. The zero-order chi connectivity index (χ0) is 23.9. The van der Waals surface area contributed by atoms with Crippen LogP contribution in [0.15, 0.2) is 35.1 Å². The summed E-state index contributed by atoms with van der Waals surface area (Å²) in [6, 6.07) is 3.70. The number of rotatable bonds is 6. The number of aliphatic hydroxyl groups is 1. The molecule has 1 aliphatic rings. The maximum atomic E-state index is 12.7. The number of hydrogen-bond donors (Lipinski definition) is 2. The minimum Gasteiger partial charge on any atom is -0.488 e. The average molecular weight is 651 g/mol. The fourth-order valence-corrected chi connectivity index (χ4v) is 6.24. The van der Waals surface area contributed by atoms with Crippen molar-refractivity contribution in [2.24, 2.45) is 7.05 Å². The van der Waals surface area contributed by atoms with Crippen LogP contribution in [0.4, 0.5) is 5.95 Å². The lowest BCUT2D eigenvalue weighted by atomic mass is 10.3. The van der Waals surface area contributed by atoms with Gasteiger partial charge in [0, 0.05) is 37.7 Å². The van der Waals surface area contributed by atoms with E-state index in [9.17, 15) is 14.7 Å². The van der Waals surface area contributed by atoms with Crippen LogP contribution in [0.25, 0.3) is 11.2 Å². The maximum Gasteiger partial charge on any atom is 0.329 e. The fraction of sp³-hybridized carbons (Fsp3) is 0.450. The molecule has 1 atom stereocenters. The van der Waals surface area contributed by atoms with Gasteiger partial charge < -0.3 is 24.2 Å². The van der Waals surface area contributed by atoms with Crippen LogP contribution >= 0.6 is 47.8 Å². The molecule has 0 unspecified atom stereocenters. The predicted molar refractivity (Wildman–Crippen MR) is 136 cm³/mol. The molecule has 0 radical (unpaired) electrons. The highest BCUT2D eigenvalue weighted by Gasteiger charge is 2.25. The van der Waals surface area contributed by atoms with Crippen LogP contribution in [0.1, 0.15) is 0 Å². The van der Waals surface area contributed by atoms with Crippen LogP contribution in [0.2, 0.25) is 0 Å². The number of likely N-dealkylation sites (N-methyl/N-ethyl adjacent to an activating group) is 1. The van der Waals surface area contributed by atoms with E-state index in [4.69, 9.17) is 4.74 Å². The van der Waals surface area contributed by atoms with E-state index < -0.39 is 17.4 Å². The van der Waals surface area contributed by atoms with Gasteiger partial charge in [-0.2, -0.15) is 4.98 Å². The van der Waals surface area contributed by atoms with Crippen molar-refractivity contribution in [2.45, 2.75) is 12.6 Å². The smallest absolute Gasteiger partial charge is 0.329 e. The van der Waals surface area contributed by atoms with E-state index in [2.05, 4.69) is 67.6 Å². The Morgan fingerprint density at radius 1 is 1.12 bits per heavy atom. The number of hydrogen-bond acceptors (Lipinski definition) is 7. The summed E-state index contributed by atoms with van der Waals surface area (Å²) in [7, 11) is 3.61. The molecule has 13 heteroatoms. The highest BCUT2D eigenvalue weighted by molar-refractivity contribution is 9.11. The molecule has 1 aliphatic heterocycles. The predicted octanol–water partition coefficient (Wildman–Crippen LogP) is 1.90. The summed E-state index contributed by atoms with van der Waals surface area (Å²) in [4.78, 5) is 36.1. The molecule has 10 nitrogen and oxygen atoms in total. The van der Waals surface area contributed by atoms with Gasteiger partial charge in [-0.05, 0) is 51.0 Å². The minimum absolute atomic E-state index is 0.00957. The number of aryl methyl sites for hydroxylation is 1. The number of benzene rings is 1. The van der Waals surface area contributed by atoms with Gasteiger partial charge in [0.15, 0.2) is 11.2 Å². The Labute approximate surface area is 214 Å². The molecule has 3 aromatic rings. The number of aromatic nitrogens is 4. The lowest BCUT2D eigenvalue weighted by Crippen LogP contribution is -2.45. The molecular weight excluding hydrogens is 628 g/mol. The first kappa shape index (κ1) is 24.5. The Hall–Kier alpha value is -1.67. The van der Waals surface area contributed by atoms with E-state index in [1.165, 1.54) is 4.57 Å². The first-order valence-corrected chi connectivity index (χ1v) is 12.6. The third-order valence-corrected chi connectivity index (χ3v) is 7.19. The number of anilines is 1. The molecule has 2 N–H and O–H groups in total. The summed E-state index contributed by atoms with van der Waals surface area (Å²) in [5.41, 5.74) is -0.538. The van der Waals surface area contributed by atoms with Gasteiger partial charge in [0.05, 0.1) is 15.5 Å². The van der Waals surface area contributed by atoms with Crippen LogP contribution in [-0.2, 0) is 13.6 Å². The van der Waals surface area contributed by atoms with Gasteiger partial charge in [0.1, 0.15) is 18.5 Å². The van der Waals surface area contributed by atoms with Crippen LogP contribution in [0, 0.1) is 0 Å². The first-order valence-electron chi connectivity index (χ1n) is 10.2. The van der Waals surface area contributed by atoms with Gasteiger partial charge in [-0.15, -0.1) is 0 Å². The van der Waals surface area contributed by atoms with Crippen molar-refractivity contribution in [3.05, 3.63) is 46.4 Å². The molecule has 3 heterocycles. The van der Waals surface area contributed by atoms with Gasteiger partial charge in [0.25, 0.3) is 5.56 Å². The third kappa shape index (κ3) is 5.06. The number of H-pyrrole nitrogens is 1.